The van der Waals surface area contributed by atoms with Gasteiger partial charge in [-0.05, 0) is 48.1 Å². The maximum absolute atomic E-state index is 13.4. The van der Waals surface area contributed by atoms with Gasteiger partial charge in [0.1, 0.15) is 5.82 Å². The van der Waals surface area contributed by atoms with Crippen LogP contribution in [-0.2, 0) is 4.79 Å². The molecule has 1 amide bonds. The minimum absolute atomic E-state index is 0.0296. The zero-order valence-corrected chi connectivity index (χ0v) is 16.7. The number of pyridine rings is 1. The van der Waals surface area contributed by atoms with Gasteiger partial charge in [-0.2, -0.15) is 0 Å². The summed E-state index contributed by atoms with van der Waals surface area (Å²) in [6, 6.07) is 10.7. The largest absolute Gasteiger partial charge is 0.348 e. The number of piperazine rings is 1. The van der Waals surface area contributed by atoms with Gasteiger partial charge in [0.15, 0.2) is 0 Å². The summed E-state index contributed by atoms with van der Waals surface area (Å²) in [4.78, 5) is 19.5. The summed E-state index contributed by atoms with van der Waals surface area (Å²) in [5.74, 6) is 0.203. The average Bonchev–Trinajstić information content (AvgIpc) is 3.28. The fourth-order valence-electron chi connectivity index (χ4n) is 4.68. The zero-order valence-electron chi connectivity index (χ0n) is 16.7. The Morgan fingerprint density at radius 1 is 1.24 bits per heavy atom. The summed E-state index contributed by atoms with van der Waals surface area (Å²) in [5.41, 5.74) is 2.12. The normalized spacial score (nSPS) is 21.8. The van der Waals surface area contributed by atoms with Gasteiger partial charge in [0, 0.05) is 38.1 Å². The molecular formula is C23H29FN4O. The molecule has 4 rings (SSSR count). The van der Waals surface area contributed by atoms with Crippen molar-refractivity contribution in [2.45, 2.75) is 37.8 Å². The molecule has 6 heteroatoms. The van der Waals surface area contributed by atoms with E-state index in [1.54, 1.807) is 6.20 Å². The van der Waals surface area contributed by atoms with Crippen LogP contribution in [0.5, 0.6) is 0 Å². The van der Waals surface area contributed by atoms with Gasteiger partial charge in [0.2, 0.25) is 5.91 Å². The molecule has 2 N–H and O–H groups in total. The quantitative estimate of drug-likeness (QED) is 0.787. The van der Waals surface area contributed by atoms with E-state index < -0.39 is 0 Å². The van der Waals surface area contributed by atoms with Crippen molar-refractivity contribution >= 4 is 5.91 Å². The summed E-state index contributed by atoms with van der Waals surface area (Å²) in [6.07, 6.45) is 8.24. The number of rotatable bonds is 6. The minimum Gasteiger partial charge on any atom is -0.348 e. The van der Waals surface area contributed by atoms with Crippen LogP contribution in [-0.4, -0.2) is 42.0 Å². The number of benzene rings is 1. The van der Waals surface area contributed by atoms with Crippen LogP contribution in [0.3, 0.4) is 0 Å². The fraction of sp³-hybridized carbons (Fsp3) is 0.478. The molecule has 29 heavy (non-hydrogen) atoms. The molecular weight excluding hydrogens is 367 g/mol. The van der Waals surface area contributed by atoms with E-state index in [4.69, 9.17) is 0 Å². The van der Waals surface area contributed by atoms with E-state index in [0.29, 0.717) is 12.5 Å². The van der Waals surface area contributed by atoms with E-state index in [9.17, 15) is 9.18 Å². The van der Waals surface area contributed by atoms with Crippen molar-refractivity contribution in [1.29, 1.82) is 0 Å². The predicted molar refractivity (Wildman–Crippen MR) is 111 cm³/mol. The Labute approximate surface area is 171 Å². The van der Waals surface area contributed by atoms with Gasteiger partial charge < -0.3 is 10.6 Å². The van der Waals surface area contributed by atoms with Crippen molar-refractivity contribution < 1.29 is 9.18 Å². The second-order valence-corrected chi connectivity index (χ2v) is 8.12. The Morgan fingerprint density at radius 2 is 2.03 bits per heavy atom. The highest BCUT2D eigenvalue weighted by Gasteiger charge is 2.30. The first-order valence-corrected chi connectivity index (χ1v) is 10.6. The lowest BCUT2D eigenvalue weighted by molar-refractivity contribution is -0.124. The first kappa shape index (κ1) is 20.0. The number of hydrogen-bond acceptors (Lipinski definition) is 4. The van der Waals surface area contributed by atoms with Gasteiger partial charge >= 0.3 is 0 Å². The molecule has 1 aliphatic carbocycles. The number of nitrogens with zero attached hydrogens (tertiary/aromatic N) is 2. The van der Waals surface area contributed by atoms with E-state index in [1.165, 1.54) is 25.0 Å². The molecule has 1 saturated heterocycles. The standard InChI is InChI=1S/C23H29FN4O/c24-20-9-7-18(8-10-20)23(17-4-1-2-5-17)27-22(29)16-28-13-12-26-15-21(28)19-6-3-11-25-14-19/h3,6-11,14,17,21,23,26H,1-2,4-5,12-13,15-16H2,(H,27,29). The average molecular weight is 397 g/mol. The lowest BCUT2D eigenvalue weighted by atomic mass is 9.91. The SMILES string of the molecule is O=C(CN1CCNCC1c1cccnc1)NC(c1ccc(F)cc1)C1CCCC1. The molecule has 2 fully saturated rings. The van der Waals surface area contributed by atoms with Crippen LogP contribution in [0.25, 0.3) is 0 Å². The molecule has 0 spiro atoms. The summed E-state index contributed by atoms with van der Waals surface area (Å²) < 4.78 is 13.4. The zero-order chi connectivity index (χ0) is 20.1. The Bertz CT molecular complexity index is 792. The van der Waals surface area contributed by atoms with Gasteiger partial charge in [-0.25, -0.2) is 4.39 Å². The smallest absolute Gasteiger partial charge is 0.234 e. The number of carbonyl (C=O) groups is 1. The highest BCUT2D eigenvalue weighted by Crippen LogP contribution is 2.36. The molecule has 2 heterocycles. The number of amides is 1. The molecule has 1 aliphatic heterocycles. The number of halogens is 1. The van der Waals surface area contributed by atoms with Crippen LogP contribution in [0.15, 0.2) is 48.8 Å². The Morgan fingerprint density at radius 3 is 2.76 bits per heavy atom. The lowest BCUT2D eigenvalue weighted by Crippen LogP contribution is -2.50. The third-order valence-electron chi connectivity index (χ3n) is 6.19. The topological polar surface area (TPSA) is 57.3 Å². The molecule has 0 radical (unpaired) electrons. The molecule has 1 aromatic heterocycles. The van der Waals surface area contributed by atoms with E-state index in [1.807, 2.05) is 24.4 Å². The maximum Gasteiger partial charge on any atom is 0.234 e. The minimum atomic E-state index is -0.245. The molecule has 0 bridgehead atoms. The molecule has 1 saturated carbocycles. The molecule has 2 aliphatic rings. The van der Waals surface area contributed by atoms with Crippen LogP contribution >= 0.6 is 0 Å². The number of carbonyl (C=O) groups excluding carboxylic acids is 1. The van der Waals surface area contributed by atoms with Crippen LogP contribution in [0.4, 0.5) is 4.39 Å². The molecule has 1 aromatic carbocycles. The summed E-state index contributed by atoms with van der Waals surface area (Å²) in [5, 5.41) is 6.69. The first-order chi connectivity index (χ1) is 14.2. The monoisotopic (exact) mass is 396 g/mol. The van der Waals surface area contributed by atoms with E-state index in [-0.39, 0.29) is 23.8 Å². The molecule has 2 atom stereocenters. The van der Waals surface area contributed by atoms with Gasteiger partial charge in [-0.1, -0.05) is 31.0 Å². The van der Waals surface area contributed by atoms with Crippen molar-refractivity contribution in [3.05, 3.63) is 65.7 Å². The lowest BCUT2D eigenvalue weighted by Gasteiger charge is -2.36. The van der Waals surface area contributed by atoms with Gasteiger partial charge in [-0.15, -0.1) is 0 Å². The van der Waals surface area contributed by atoms with Gasteiger partial charge in [-0.3, -0.25) is 14.7 Å². The van der Waals surface area contributed by atoms with Gasteiger partial charge in [0.25, 0.3) is 0 Å². The van der Waals surface area contributed by atoms with Crippen molar-refractivity contribution in [3.8, 4) is 0 Å². The maximum atomic E-state index is 13.4. The number of hydrogen-bond donors (Lipinski definition) is 2. The van der Waals surface area contributed by atoms with Crippen LogP contribution < -0.4 is 10.6 Å². The van der Waals surface area contributed by atoms with Crippen molar-refractivity contribution in [3.63, 3.8) is 0 Å². The van der Waals surface area contributed by atoms with Gasteiger partial charge in [0.05, 0.1) is 12.6 Å². The highest BCUT2D eigenvalue weighted by molar-refractivity contribution is 5.78. The third-order valence-corrected chi connectivity index (χ3v) is 6.19. The second-order valence-electron chi connectivity index (χ2n) is 8.12. The summed E-state index contributed by atoms with van der Waals surface area (Å²) >= 11 is 0. The van der Waals surface area contributed by atoms with E-state index in [0.717, 1.165) is 43.6 Å². The number of aromatic nitrogens is 1. The molecule has 2 aromatic rings. The van der Waals surface area contributed by atoms with Crippen LogP contribution in [0, 0.1) is 11.7 Å². The third kappa shape index (κ3) is 5.00. The highest BCUT2D eigenvalue weighted by atomic mass is 19.1. The first-order valence-electron chi connectivity index (χ1n) is 10.6. The van der Waals surface area contributed by atoms with E-state index in [2.05, 4.69) is 26.6 Å². The molecule has 2 unspecified atom stereocenters. The molecule has 154 valence electrons. The Balaban J connectivity index is 1.46. The van der Waals surface area contributed by atoms with Crippen LogP contribution in [0.2, 0.25) is 0 Å². The van der Waals surface area contributed by atoms with Crippen molar-refractivity contribution in [2.24, 2.45) is 5.92 Å². The number of nitrogens with one attached hydrogen (secondary N) is 2. The molecule has 5 nitrogen and oxygen atoms in total. The Hall–Kier alpha value is -2.31. The van der Waals surface area contributed by atoms with E-state index >= 15 is 0 Å². The van der Waals surface area contributed by atoms with Crippen molar-refractivity contribution in [1.82, 2.24) is 20.5 Å². The fourth-order valence-corrected chi connectivity index (χ4v) is 4.68. The Kier molecular flexibility index (Phi) is 6.52. The van der Waals surface area contributed by atoms with Crippen LogP contribution in [0.1, 0.15) is 48.9 Å². The second kappa shape index (κ2) is 9.46. The van der Waals surface area contributed by atoms with Crippen molar-refractivity contribution in [2.75, 3.05) is 26.2 Å². The summed E-state index contributed by atoms with van der Waals surface area (Å²) in [7, 11) is 0. The summed E-state index contributed by atoms with van der Waals surface area (Å²) in [6.45, 7) is 2.85. The predicted octanol–water partition coefficient (Wildman–Crippen LogP) is 3.21.